The molecule has 4 N–H and O–H groups in total. The van der Waals surface area contributed by atoms with Gasteiger partial charge in [0.05, 0.1) is 0 Å². The zero-order valence-corrected chi connectivity index (χ0v) is 11.1. The van der Waals surface area contributed by atoms with Crippen LogP contribution in [-0.2, 0) is 14.8 Å². The Labute approximate surface area is 108 Å². The van der Waals surface area contributed by atoms with Gasteiger partial charge in [-0.15, -0.1) is 11.3 Å². The van der Waals surface area contributed by atoms with Crippen LogP contribution in [0.2, 0.25) is 0 Å². The molecule has 9 heteroatoms. The number of hydrogen-bond donors (Lipinski definition) is 3. The molecule has 0 saturated heterocycles. The summed E-state index contributed by atoms with van der Waals surface area (Å²) in [6.07, 6.45) is -0.116. The molecule has 100 valence electrons. The highest BCUT2D eigenvalue weighted by Crippen LogP contribution is 2.25. The molecule has 0 saturated carbocycles. The highest BCUT2D eigenvalue weighted by atomic mass is 32.2. The molecule has 0 aliphatic heterocycles. The third kappa shape index (κ3) is 3.52. The van der Waals surface area contributed by atoms with Crippen molar-refractivity contribution in [2.45, 2.75) is 17.6 Å². The Bertz CT molecular complexity index is 576. The third-order valence-electron chi connectivity index (χ3n) is 2.02. The summed E-state index contributed by atoms with van der Waals surface area (Å²) in [6, 6.07) is 1.28. The van der Waals surface area contributed by atoms with Crippen LogP contribution in [-0.4, -0.2) is 31.9 Å². The Balaban J connectivity index is 2.89. The Hall–Kier alpha value is -1.45. The molecule has 1 amide bonds. The molecular weight excluding hydrogens is 280 g/mol. The highest BCUT2D eigenvalue weighted by Gasteiger charge is 2.21. The van der Waals surface area contributed by atoms with Crippen molar-refractivity contribution in [2.24, 2.45) is 5.73 Å². The number of carboxylic acid groups (broad SMARTS) is 1. The summed E-state index contributed by atoms with van der Waals surface area (Å²) >= 11 is 0.667. The number of nitrogens with one attached hydrogen (secondary N) is 1. The first-order valence-corrected chi connectivity index (χ1v) is 7.15. The third-order valence-corrected chi connectivity index (χ3v) is 5.18. The lowest BCUT2D eigenvalue weighted by Gasteiger charge is -2.02. The Kier molecular flexibility index (Phi) is 4.43. The highest BCUT2D eigenvalue weighted by molar-refractivity contribution is 7.91. The Morgan fingerprint density at radius 1 is 1.50 bits per heavy atom. The molecule has 0 aromatic carbocycles. The normalized spacial score (nSPS) is 11.4. The van der Waals surface area contributed by atoms with Crippen LogP contribution in [0, 0.1) is 6.92 Å². The van der Waals surface area contributed by atoms with Gasteiger partial charge in [-0.2, -0.15) is 0 Å². The van der Waals surface area contributed by atoms with E-state index in [1.807, 2.05) is 0 Å². The predicted octanol–water partition coefficient (Wildman–Crippen LogP) is -0.0916. The lowest BCUT2D eigenvalue weighted by molar-refractivity contribution is -0.117. The number of sulfonamides is 1. The number of nitrogens with two attached hydrogens (primary N) is 1. The molecular formula is C9H12N2O5S2. The molecule has 0 bridgehead atoms. The quantitative estimate of drug-likeness (QED) is 0.675. The van der Waals surface area contributed by atoms with E-state index in [4.69, 9.17) is 10.8 Å². The minimum Gasteiger partial charge on any atom is -0.477 e. The van der Waals surface area contributed by atoms with Crippen molar-refractivity contribution in [1.29, 1.82) is 0 Å². The van der Waals surface area contributed by atoms with Gasteiger partial charge in [-0.05, 0) is 18.6 Å². The molecule has 1 rings (SSSR count). The fourth-order valence-corrected chi connectivity index (χ4v) is 3.63. The Morgan fingerprint density at radius 3 is 2.56 bits per heavy atom. The van der Waals surface area contributed by atoms with E-state index in [0.717, 1.165) is 0 Å². The number of carbonyl (C=O) groups is 2. The second-order valence-electron chi connectivity index (χ2n) is 3.50. The number of aryl methyl sites for hydroxylation is 1. The molecule has 1 heterocycles. The van der Waals surface area contributed by atoms with Crippen molar-refractivity contribution < 1.29 is 23.1 Å². The summed E-state index contributed by atoms with van der Waals surface area (Å²) < 4.78 is 25.6. The van der Waals surface area contributed by atoms with E-state index in [0.29, 0.717) is 16.9 Å². The van der Waals surface area contributed by atoms with E-state index in [2.05, 4.69) is 4.72 Å². The Morgan fingerprint density at radius 2 is 2.11 bits per heavy atom. The second-order valence-corrected chi connectivity index (χ2v) is 6.54. The summed E-state index contributed by atoms with van der Waals surface area (Å²) in [7, 11) is -3.79. The number of hydrogen-bond acceptors (Lipinski definition) is 5. The summed E-state index contributed by atoms with van der Waals surface area (Å²) in [5, 5.41) is 8.83. The van der Waals surface area contributed by atoms with Gasteiger partial charge in [0, 0.05) is 13.0 Å². The van der Waals surface area contributed by atoms with Crippen molar-refractivity contribution in [3.8, 4) is 0 Å². The van der Waals surface area contributed by atoms with Crippen LogP contribution in [0.15, 0.2) is 10.3 Å². The lowest BCUT2D eigenvalue weighted by atomic mass is 10.3. The maximum Gasteiger partial charge on any atom is 0.346 e. The first kappa shape index (κ1) is 14.6. The van der Waals surface area contributed by atoms with Crippen LogP contribution >= 0.6 is 11.3 Å². The number of carboxylic acids is 1. The number of primary amides is 1. The van der Waals surface area contributed by atoms with E-state index in [9.17, 15) is 18.0 Å². The van der Waals surface area contributed by atoms with Crippen LogP contribution in [0.25, 0.3) is 0 Å². The molecule has 0 fully saturated rings. The molecule has 0 unspecified atom stereocenters. The summed E-state index contributed by atoms with van der Waals surface area (Å²) in [6.45, 7) is 1.40. The fourth-order valence-electron chi connectivity index (χ4n) is 1.18. The van der Waals surface area contributed by atoms with Crippen LogP contribution < -0.4 is 10.5 Å². The van der Waals surface area contributed by atoms with E-state index in [1.54, 1.807) is 0 Å². The van der Waals surface area contributed by atoms with Crippen LogP contribution in [0.1, 0.15) is 21.7 Å². The van der Waals surface area contributed by atoms with E-state index in [1.165, 1.54) is 13.0 Å². The second kappa shape index (κ2) is 5.46. The molecule has 1 aromatic rings. The molecule has 0 atom stereocenters. The van der Waals surface area contributed by atoms with Gasteiger partial charge in [0.1, 0.15) is 9.09 Å². The molecule has 0 aliphatic carbocycles. The van der Waals surface area contributed by atoms with E-state index in [-0.39, 0.29) is 22.1 Å². The van der Waals surface area contributed by atoms with Gasteiger partial charge >= 0.3 is 5.97 Å². The smallest absolute Gasteiger partial charge is 0.346 e. The fraction of sp³-hybridized carbons (Fsp3) is 0.333. The lowest BCUT2D eigenvalue weighted by Crippen LogP contribution is -2.27. The zero-order chi connectivity index (χ0) is 13.9. The number of aromatic carboxylic acids is 1. The average Bonchev–Trinajstić information content (AvgIpc) is 2.60. The van der Waals surface area contributed by atoms with Crippen LogP contribution in [0.5, 0.6) is 0 Å². The first-order chi connectivity index (χ1) is 8.24. The number of thiophene rings is 1. The average molecular weight is 292 g/mol. The van der Waals surface area contributed by atoms with Gasteiger partial charge in [-0.3, -0.25) is 4.79 Å². The summed E-state index contributed by atoms with van der Waals surface area (Å²) in [5.74, 6) is -1.79. The molecule has 1 aromatic heterocycles. The van der Waals surface area contributed by atoms with Crippen molar-refractivity contribution in [1.82, 2.24) is 4.72 Å². The molecule has 0 aliphatic rings. The van der Waals surface area contributed by atoms with Crippen LogP contribution in [0.4, 0.5) is 0 Å². The van der Waals surface area contributed by atoms with Gasteiger partial charge in [-0.25, -0.2) is 17.9 Å². The van der Waals surface area contributed by atoms with Crippen molar-refractivity contribution >= 4 is 33.2 Å². The zero-order valence-electron chi connectivity index (χ0n) is 9.47. The topological polar surface area (TPSA) is 127 Å². The maximum atomic E-state index is 11.8. The van der Waals surface area contributed by atoms with Gasteiger partial charge in [-0.1, -0.05) is 0 Å². The van der Waals surface area contributed by atoms with E-state index < -0.39 is 21.9 Å². The van der Waals surface area contributed by atoms with E-state index >= 15 is 0 Å². The SMILES string of the molecule is Cc1cc(S(=O)(=O)NCCC(N)=O)sc1C(=O)O. The van der Waals surface area contributed by atoms with Gasteiger partial charge in [0.2, 0.25) is 15.9 Å². The van der Waals surface area contributed by atoms with Gasteiger partial charge in [0.25, 0.3) is 0 Å². The molecule has 7 nitrogen and oxygen atoms in total. The molecule has 18 heavy (non-hydrogen) atoms. The number of amides is 1. The largest absolute Gasteiger partial charge is 0.477 e. The van der Waals surface area contributed by atoms with Gasteiger partial charge < -0.3 is 10.8 Å². The first-order valence-electron chi connectivity index (χ1n) is 4.85. The number of rotatable bonds is 6. The standard InChI is InChI=1S/C9H12N2O5S2/c1-5-4-7(17-8(5)9(13)14)18(15,16)11-3-2-6(10)12/h4,11H,2-3H2,1H3,(H2,10,12)(H,13,14). The minimum atomic E-state index is -3.79. The summed E-state index contributed by atoms with van der Waals surface area (Å²) in [4.78, 5) is 21.3. The van der Waals surface area contributed by atoms with Gasteiger partial charge in [0.15, 0.2) is 0 Å². The van der Waals surface area contributed by atoms with Crippen molar-refractivity contribution in [3.05, 3.63) is 16.5 Å². The van der Waals surface area contributed by atoms with Crippen molar-refractivity contribution in [2.75, 3.05) is 6.54 Å². The predicted molar refractivity (Wildman–Crippen MR) is 65.0 cm³/mol. The maximum absolute atomic E-state index is 11.8. The van der Waals surface area contributed by atoms with Crippen LogP contribution in [0.3, 0.4) is 0 Å². The number of carbonyl (C=O) groups excluding carboxylic acids is 1. The molecule has 0 spiro atoms. The minimum absolute atomic E-state index is 0.0229. The monoisotopic (exact) mass is 292 g/mol. The molecule has 0 radical (unpaired) electrons. The summed E-state index contributed by atoms with van der Waals surface area (Å²) in [5.41, 5.74) is 5.26. The van der Waals surface area contributed by atoms with Crippen molar-refractivity contribution in [3.63, 3.8) is 0 Å².